The predicted octanol–water partition coefficient (Wildman–Crippen LogP) is 4.05. The fourth-order valence-electron chi connectivity index (χ4n) is 1.73. The second kappa shape index (κ2) is 4.40. The van der Waals surface area contributed by atoms with Gasteiger partial charge in [-0.1, -0.05) is 23.8 Å². The normalized spacial score (nSPS) is 12.8. The molecule has 1 unspecified atom stereocenters. The molecule has 0 aliphatic heterocycles. The molecule has 0 saturated heterocycles. The van der Waals surface area contributed by atoms with E-state index in [2.05, 4.69) is 43.5 Å². The van der Waals surface area contributed by atoms with Gasteiger partial charge in [0.25, 0.3) is 0 Å². The van der Waals surface area contributed by atoms with Crippen LogP contribution in [0, 0.1) is 13.8 Å². The first kappa shape index (κ1) is 11.4. The zero-order valence-corrected chi connectivity index (χ0v) is 10.8. The summed E-state index contributed by atoms with van der Waals surface area (Å²) in [6, 6.07) is 8.90. The van der Waals surface area contributed by atoms with E-state index in [4.69, 9.17) is 5.73 Å². The van der Waals surface area contributed by atoms with Crippen molar-refractivity contribution in [2.45, 2.75) is 26.8 Å². The molecule has 0 fully saturated rings. The fraction of sp³-hybridized carbons (Fsp3) is 0.286. The fourth-order valence-corrected chi connectivity index (χ4v) is 2.83. The molecular weight excluding hydrogens is 214 g/mol. The van der Waals surface area contributed by atoms with E-state index in [0.717, 1.165) is 0 Å². The van der Waals surface area contributed by atoms with E-state index >= 15 is 0 Å². The number of nitrogens with two attached hydrogens (primary N) is 1. The van der Waals surface area contributed by atoms with Crippen molar-refractivity contribution in [1.82, 2.24) is 0 Å². The molecule has 1 aromatic carbocycles. The van der Waals surface area contributed by atoms with Gasteiger partial charge < -0.3 is 5.73 Å². The van der Waals surface area contributed by atoms with Gasteiger partial charge in [-0.2, -0.15) is 0 Å². The number of hydrogen-bond acceptors (Lipinski definition) is 2. The van der Waals surface area contributed by atoms with Crippen molar-refractivity contribution >= 4 is 11.3 Å². The van der Waals surface area contributed by atoms with Gasteiger partial charge in [0.2, 0.25) is 0 Å². The van der Waals surface area contributed by atoms with Crippen molar-refractivity contribution in [3.05, 3.63) is 46.3 Å². The van der Waals surface area contributed by atoms with E-state index in [9.17, 15) is 0 Å². The molecule has 0 radical (unpaired) electrons. The second-order valence-corrected chi connectivity index (χ2v) is 5.26. The Morgan fingerprint density at radius 1 is 1.19 bits per heavy atom. The van der Waals surface area contributed by atoms with Crippen molar-refractivity contribution in [3.63, 3.8) is 0 Å². The smallest absolute Gasteiger partial charge is 0.0348 e. The van der Waals surface area contributed by atoms with E-state index in [1.807, 2.05) is 6.92 Å². The van der Waals surface area contributed by atoms with Crippen molar-refractivity contribution in [3.8, 4) is 10.4 Å². The Bertz CT molecular complexity index is 497. The third kappa shape index (κ3) is 2.18. The molecule has 2 rings (SSSR count). The van der Waals surface area contributed by atoms with Gasteiger partial charge in [0.1, 0.15) is 0 Å². The minimum absolute atomic E-state index is 0.120. The monoisotopic (exact) mass is 231 g/mol. The highest BCUT2D eigenvalue weighted by Crippen LogP contribution is 2.32. The predicted molar refractivity (Wildman–Crippen MR) is 71.8 cm³/mol. The summed E-state index contributed by atoms with van der Waals surface area (Å²) in [5.41, 5.74) is 11.1. The molecule has 84 valence electrons. The minimum Gasteiger partial charge on any atom is -0.324 e. The maximum absolute atomic E-state index is 5.88. The van der Waals surface area contributed by atoms with Crippen LogP contribution in [0.2, 0.25) is 0 Å². The summed E-state index contributed by atoms with van der Waals surface area (Å²) in [5.74, 6) is 0. The average molecular weight is 231 g/mol. The zero-order chi connectivity index (χ0) is 11.7. The molecule has 16 heavy (non-hydrogen) atoms. The van der Waals surface area contributed by atoms with Gasteiger partial charge >= 0.3 is 0 Å². The van der Waals surface area contributed by atoms with E-state index in [1.165, 1.54) is 27.1 Å². The molecule has 2 N–H and O–H groups in total. The topological polar surface area (TPSA) is 26.0 Å². The standard InChI is InChI=1S/C14H17NS/c1-9-4-5-10(2)13(6-9)14-7-12(8-16-14)11(3)15/h4-8,11H,15H2,1-3H3. The van der Waals surface area contributed by atoms with Gasteiger partial charge in [-0.15, -0.1) is 11.3 Å². The van der Waals surface area contributed by atoms with Gasteiger partial charge in [0.15, 0.2) is 0 Å². The van der Waals surface area contributed by atoms with Gasteiger partial charge in [-0.3, -0.25) is 0 Å². The summed E-state index contributed by atoms with van der Waals surface area (Å²) in [7, 11) is 0. The Labute approximate surface area is 101 Å². The third-order valence-corrected chi connectivity index (χ3v) is 3.79. The molecule has 0 bridgehead atoms. The van der Waals surface area contributed by atoms with Crippen molar-refractivity contribution in [2.24, 2.45) is 5.73 Å². The lowest BCUT2D eigenvalue weighted by molar-refractivity contribution is 0.823. The first-order valence-electron chi connectivity index (χ1n) is 5.49. The van der Waals surface area contributed by atoms with E-state index in [0.29, 0.717) is 0 Å². The van der Waals surface area contributed by atoms with Gasteiger partial charge in [-0.25, -0.2) is 0 Å². The molecule has 0 amide bonds. The molecule has 0 saturated carbocycles. The second-order valence-electron chi connectivity index (χ2n) is 4.35. The highest BCUT2D eigenvalue weighted by molar-refractivity contribution is 7.13. The summed E-state index contributed by atoms with van der Waals surface area (Å²) < 4.78 is 0. The first-order valence-corrected chi connectivity index (χ1v) is 6.37. The van der Waals surface area contributed by atoms with Crippen LogP contribution in [0.25, 0.3) is 10.4 Å². The number of benzene rings is 1. The van der Waals surface area contributed by atoms with Crippen LogP contribution in [0.15, 0.2) is 29.6 Å². The summed E-state index contributed by atoms with van der Waals surface area (Å²) in [4.78, 5) is 1.31. The lowest BCUT2D eigenvalue weighted by Crippen LogP contribution is -2.02. The molecule has 1 atom stereocenters. The Balaban J connectivity index is 2.46. The van der Waals surface area contributed by atoms with Crippen LogP contribution in [0.3, 0.4) is 0 Å². The summed E-state index contributed by atoms with van der Waals surface area (Å²) in [5, 5.41) is 2.15. The number of thiophene rings is 1. The van der Waals surface area contributed by atoms with Gasteiger partial charge in [-0.05, 0) is 48.9 Å². The molecule has 2 aromatic rings. The highest BCUT2D eigenvalue weighted by Gasteiger charge is 2.07. The van der Waals surface area contributed by atoms with Crippen LogP contribution in [0.4, 0.5) is 0 Å². The molecule has 1 nitrogen and oxygen atoms in total. The van der Waals surface area contributed by atoms with Crippen molar-refractivity contribution in [1.29, 1.82) is 0 Å². The largest absolute Gasteiger partial charge is 0.324 e. The lowest BCUT2D eigenvalue weighted by Gasteiger charge is -2.04. The molecule has 0 aliphatic carbocycles. The quantitative estimate of drug-likeness (QED) is 0.829. The van der Waals surface area contributed by atoms with Crippen molar-refractivity contribution in [2.75, 3.05) is 0 Å². The number of hydrogen-bond donors (Lipinski definition) is 1. The molecule has 1 aromatic heterocycles. The van der Waals surface area contributed by atoms with Crippen LogP contribution in [-0.4, -0.2) is 0 Å². The third-order valence-electron chi connectivity index (χ3n) is 2.80. The van der Waals surface area contributed by atoms with E-state index < -0.39 is 0 Å². The summed E-state index contributed by atoms with van der Waals surface area (Å²) in [6.45, 7) is 6.30. The van der Waals surface area contributed by atoms with Gasteiger partial charge in [0.05, 0.1) is 0 Å². The summed E-state index contributed by atoms with van der Waals surface area (Å²) in [6.07, 6.45) is 0. The lowest BCUT2D eigenvalue weighted by atomic mass is 10.0. The SMILES string of the molecule is Cc1ccc(C)c(-c2cc(C(C)N)cs2)c1. The van der Waals surface area contributed by atoms with Crippen LogP contribution < -0.4 is 5.73 Å². The van der Waals surface area contributed by atoms with E-state index in [1.54, 1.807) is 11.3 Å². The molecule has 0 spiro atoms. The van der Waals surface area contributed by atoms with Crippen molar-refractivity contribution < 1.29 is 0 Å². The Morgan fingerprint density at radius 3 is 2.56 bits per heavy atom. The maximum atomic E-state index is 5.88. The van der Waals surface area contributed by atoms with Crippen LogP contribution in [0.1, 0.15) is 29.7 Å². The molecule has 2 heteroatoms. The molecule has 1 heterocycles. The zero-order valence-electron chi connectivity index (χ0n) is 9.95. The molecule has 0 aliphatic rings. The first-order chi connectivity index (χ1) is 7.58. The number of rotatable bonds is 2. The Hall–Kier alpha value is -1.12. The van der Waals surface area contributed by atoms with Gasteiger partial charge in [0, 0.05) is 10.9 Å². The Morgan fingerprint density at radius 2 is 1.94 bits per heavy atom. The minimum atomic E-state index is 0.120. The molecular formula is C14H17NS. The maximum Gasteiger partial charge on any atom is 0.0348 e. The number of aryl methyl sites for hydroxylation is 2. The Kier molecular flexibility index (Phi) is 3.13. The highest BCUT2D eigenvalue weighted by atomic mass is 32.1. The van der Waals surface area contributed by atoms with Crippen LogP contribution >= 0.6 is 11.3 Å². The van der Waals surface area contributed by atoms with E-state index in [-0.39, 0.29) is 6.04 Å². The van der Waals surface area contributed by atoms with Crippen LogP contribution in [-0.2, 0) is 0 Å². The summed E-state index contributed by atoms with van der Waals surface area (Å²) >= 11 is 1.77. The van der Waals surface area contributed by atoms with Crippen LogP contribution in [0.5, 0.6) is 0 Å². The average Bonchev–Trinajstić information content (AvgIpc) is 2.70.